The van der Waals surface area contributed by atoms with Crippen LogP contribution in [0.15, 0.2) is 48.7 Å². The molecule has 0 radical (unpaired) electrons. The van der Waals surface area contributed by atoms with Gasteiger partial charge in [0.1, 0.15) is 5.82 Å². The molecule has 126 valence electrons. The molecule has 1 aliphatic rings. The molecule has 4 rings (SSSR count). The second kappa shape index (κ2) is 6.70. The van der Waals surface area contributed by atoms with E-state index in [0.717, 1.165) is 30.6 Å². The van der Waals surface area contributed by atoms with E-state index in [4.69, 9.17) is 5.26 Å². The van der Waals surface area contributed by atoms with E-state index in [-0.39, 0.29) is 5.82 Å². The van der Waals surface area contributed by atoms with Crippen LogP contribution < -0.4 is 5.32 Å². The highest BCUT2D eigenvalue weighted by molar-refractivity contribution is 5.85. The lowest BCUT2D eigenvalue weighted by atomic mass is 10.1. The van der Waals surface area contributed by atoms with Crippen molar-refractivity contribution in [2.45, 2.75) is 18.8 Å². The van der Waals surface area contributed by atoms with Crippen molar-refractivity contribution >= 4 is 10.9 Å². The molecule has 2 aromatic carbocycles. The zero-order chi connectivity index (χ0) is 17.2. The van der Waals surface area contributed by atoms with Crippen molar-refractivity contribution in [2.24, 2.45) is 5.92 Å². The maximum Gasteiger partial charge on any atom is 0.123 e. The molecule has 2 unspecified atom stereocenters. The highest BCUT2D eigenvalue weighted by Gasteiger charge is 2.39. The van der Waals surface area contributed by atoms with Gasteiger partial charge in [0.15, 0.2) is 0 Å². The first-order valence-electron chi connectivity index (χ1n) is 8.71. The number of halogens is 1. The standard InChI is InChI=1S/C21H20FN3/c22-17-3-1-2-14(8-17)6-7-24-12-16-10-18(16)20-13-25-21-5-4-15(11-23)9-19(20)21/h1-5,8-9,13,16,18,24-25H,6-7,10,12H2. The van der Waals surface area contributed by atoms with E-state index < -0.39 is 0 Å². The molecule has 0 bridgehead atoms. The SMILES string of the molecule is N#Cc1ccc2[nH]cc(C3CC3CNCCc3cccc(F)c3)c2c1. The summed E-state index contributed by atoms with van der Waals surface area (Å²) in [6, 6.07) is 14.8. The summed E-state index contributed by atoms with van der Waals surface area (Å²) in [4.78, 5) is 3.31. The van der Waals surface area contributed by atoms with Crippen molar-refractivity contribution in [3.05, 3.63) is 71.2 Å². The van der Waals surface area contributed by atoms with Gasteiger partial charge in [0.05, 0.1) is 11.6 Å². The predicted molar refractivity (Wildman–Crippen MR) is 96.8 cm³/mol. The molecule has 2 N–H and O–H groups in total. The summed E-state index contributed by atoms with van der Waals surface area (Å²) in [6.07, 6.45) is 4.10. The van der Waals surface area contributed by atoms with E-state index in [1.54, 1.807) is 12.1 Å². The van der Waals surface area contributed by atoms with Crippen LogP contribution in [0, 0.1) is 23.1 Å². The molecule has 2 atom stereocenters. The first kappa shape index (κ1) is 15.9. The van der Waals surface area contributed by atoms with E-state index >= 15 is 0 Å². The fourth-order valence-corrected chi connectivity index (χ4v) is 3.59. The van der Waals surface area contributed by atoms with Crippen LogP contribution in [0.4, 0.5) is 4.39 Å². The summed E-state index contributed by atoms with van der Waals surface area (Å²) in [7, 11) is 0. The van der Waals surface area contributed by atoms with Gasteiger partial charge in [-0.3, -0.25) is 0 Å². The summed E-state index contributed by atoms with van der Waals surface area (Å²) in [5.74, 6) is 1.03. The summed E-state index contributed by atoms with van der Waals surface area (Å²) >= 11 is 0. The minimum Gasteiger partial charge on any atom is -0.361 e. The summed E-state index contributed by atoms with van der Waals surface area (Å²) < 4.78 is 13.2. The Kier molecular flexibility index (Phi) is 4.25. The van der Waals surface area contributed by atoms with Gasteiger partial charge in [-0.15, -0.1) is 0 Å². The molecule has 3 aromatic rings. The number of rotatable bonds is 6. The quantitative estimate of drug-likeness (QED) is 0.667. The number of hydrogen-bond acceptors (Lipinski definition) is 2. The molecule has 0 aliphatic heterocycles. The number of aromatic nitrogens is 1. The Bertz CT molecular complexity index is 938. The first-order chi connectivity index (χ1) is 12.2. The van der Waals surface area contributed by atoms with Crippen LogP contribution in [0.2, 0.25) is 0 Å². The van der Waals surface area contributed by atoms with Crippen LogP contribution >= 0.6 is 0 Å². The molecule has 1 fully saturated rings. The monoisotopic (exact) mass is 333 g/mol. The van der Waals surface area contributed by atoms with Gasteiger partial charge in [0.25, 0.3) is 0 Å². The zero-order valence-electron chi connectivity index (χ0n) is 13.9. The Labute approximate surface area is 146 Å². The lowest BCUT2D eigenvalue weighted by molar-refractivity contribution is 0.614. The van der Waals surface area contributed by atoms with E-state index in [0.29, 0.717) is 17.4 Å². The van der Waals surface area contributed by atoms with Crippen molar-refractivity contribution in [1.82, 2.24) is 10.3 Å². The summed E-state index contributed by atoms with van der Waals surface area (Å²) in [5.41, 5.74) is 4.15. The van der Waals surface area contributed by atoms with Gasteiger partial charge < -0.3 is 10.3 Å². The third-order valence-corrected chi connectivity index (χ3v) is 5.05. The van der Waals surface area contributed by atoms with Crippen molar-refractivity contribution in [2.75, 3.05) is 13.1 Å². The van der Waals surface area contributed by atoms with Crippen molar-refractivity contribution in [3.8, 4) is 6.07 Å². The third kappa shape index (κ3) is 3.42. The van der Waals surface area contributed by atoms with Crippen LogP contribution in [0.3, 0.4) is 0 Å². The summed E-state index contributed by atoms with van der Waals surface area (Å²) in [6.45, 7) is 1.84. The lowest BCUT2D eigenvalue weighted by Gasteiger charge is -2.05. The fourth-order valence-electron chi connectivity index (χ4n) is 3.59. The molecule has 1 saturated carbocycles. The molecular weight excluding hydrogens is 313 g/mol. The minimum absolute atomic E-state index is 0.171. The number of benzene rings is 2. The normalized spacial score (nSPS) is 19.0. The minimum atomic E-state index is -0.171. The molecule has 1 aliphatic carbocycles. The first-order valence-corrected chi connectivity index (χ1v) is 8.71. The Morgan fingerprint density at radius 2 is 2.16 bits per heavy atom. The highest BCUT2D eigenvalue weighted by Crippen LogP contribution is 2.49. The molecule has 0 saturated heterocycles. The van der Waals surface area contributed by atoms with Crippen LogP contribution in [0.25, 0.3) is 10.9 Å². The van der Waals surface area contributed by atoms with Gasteiger partial charge in [0.2, 0.25) is 0 Å². The van der Waals surface area contributed by atoms with Gasteiger partial charge in [-0.2, -0.15) is 5.26 Å². The summed E-state index contributed by atoms with van der Waals surface area (Å²) in [5, 5.41) is 13.8. The van der Waals surface area contributed by atoms with Crippen LogP contribution in [-0.4, -0.2) is 18.1 Å². The highest BCUT2D eigenvalue weighted by atomic mass is 19.1. The van der Waals surface area contributed by atoms with Gasteiger partial charge in [0, 0.05) is 17.1 Å². The Morgan fingerprint density at radius 3 is 3.00 bits per heavy atom. The van der Waals surface area contributed by atoms with Gasteiger partial charge in [-0.05, 0) is 79.2 Å². The molecule has 1 heterocycles. The Balaban J connectivity index is 1.32. The number of nitriles is 1. The average Bonchev–Trinajstić information content (AvgIpc) is 3.27. The van der Waals surface area contributed by atoms with Crippen molar-refractivity contribution in [3.63, 3.8) is 0 Å². The second-order valence-corrected chi connectivity index (χ2v) is 6.80. The molecular formula is C21H20FN3. The predicted octanol–water partition coefficient (Wildman–Crippen LogP) is 4.11. The second-order valence-electron chi connectivity index (χ2n) is 6.80. The van der Waals surface area contributed by atoms with Gasteiger partial charge in [-0.25, -0.2) is 4.39 Å². The van der Waals surface area contributed by atoms with E-state index in [9.17, 15) is 4.39 Å². The maximum absolute atomic E-state index is 13.2. The van der Waals surface area contributed by atoms with E-state index in [1.807, 2.05) is 24.3 Å². The molecule has 1 aromatic heterocycles. The number of nitrogens with one attached hydrogen (secondary N) is 2. The fraction of sp³-hybridized carbons (Fsp3) is 0.286. The van der Waals surface area contributed by atoms with E-state index in [2.05, 4.69) is 22.6 Å². The molecule has 0 spiro atoms. The van der Waals surface area contributed by atoms with Crippen molar-refractivity contribution in [1.29, 1.82) is 5.26 Å². The smallest absolute Gasteiger partial charge is 0.123 e. The third-order valence-electron chi connectivity index (χ3n) is 5.05. The number of hydrogen-bond donors (Lipinski definition) is 2. The average molecular weight is 333 g/mol. The molecule has 0 amide bonds. The van der Waals surface area contributed by atoms with Crippen LogP contribution in [-0.2, 0) is 6.42 Å². The zero-order valence-corrected chi connectivity index (χ0v) is 13.9. The number of fused-ring (bicyclic) bond motifs is 1. The van der Waals surface area contributed by atoms with Gasteiger partial charge >= 0.3 is 0 Å². The molecule has 3 nitrogen and oxygen atoms in total. The van der Waals surface area contributed by atoms with Gasteiger partial charge in [-0.1, -0.05) is 12.1 Å². The largest absolute Gasteiger partial charge is 0.361 e. The molecule has 4 heteroatoms. The number of aromatic amines is 1. The van der Waals surface area contributed by atoms with Crippen LogP contribution in [0.1, 0.15) is 29.0 Å². The van der Waals surface area contributed by atoms with Crippen LogP contribution in [0.5, 0.6) is 0 Å². The Hall–Kier alpha value is -2.64. The van der Waals surface area contributed by atoms with Crippen molar-refractivity contribution < 1.29 is 4.39 Å². The number of nitrogens with zero attached hydrogens (tertiary/aromatic N) is 1. The number of H-pyrrole nitrogens is 1. The Morgan fingerprint density at radius 1 is 1.24 bits per heavy atom. The lowest BCUT2D eigenvalue weighted by Crippen LogP contribution is -2.20. The van der Waals surface area contributed by atoms with E-state index in [1.165, 1.54) is 23.4 Å². The topological polar surface area (TPSA) is 51.6 Å². The molecule has 25 heavy (non-hydrogen) atoms. The maximum atomic E-state index is 13.2.